The third-order valence-corrected chi connectivity index (χ3v) is 3.27. The van der Waals surface area contributed by atoms with E-state index in [2.05, 4.69) is 5.32 Å². The van der Waals surface area contributed by atoms with Crippen molar-refractivity contribution in [2.24, 2.45) is 0 Å². The zero-order chi connectivity index (χ0) is 15.2. The van der Waals surface area contributed by atoms with Crippen molar-refractivity contribution < 1.29 is 14.6 Å². The quantitative estimate of drug-likeness (QED) is 0.857. The fourth-order valence-corrected chi connectivity index (χ4v) is 2.03. The average Bonchev–Trinajstić information content (AvgIpc) is 2.48. The molecule has 0 saturated carbocycles. The highest BCUT2D eigenvalue weighted by Crippen LogP contribution is 2.23. The van der Waals surface area contributed by atoms with E-state index in [-0.39, 0.29) is 17.6 Å². The number of ether oxygens (including phenoxy) is 1. The largest absolute Gasteiger partial charge is 0.508 e. The van der Waals surface area contributed by atoms with Gasteiger partial charge in [-0.15, -0.1) is 0 Å². The number of ketones is 1. The number of benzene rings is 2. The Bertz CT molecular complexity index is 590. The molecule has 2 N–H and O–H groups in total. The van der Waals surface area contributed by atoms with Crippen LogP contribution in [0.4, 0.5) is 0 Å². The third-order valence-electron chi connectivity index (χ3n) is 3.27. The van der Waals surface area contributed by atoms with E-state index in [1.807, 2.05) is 24.3 Å². The van der Waals surface area contributed by atoms with Gasteiger partial charge in [0.2, 0.25) is 0 Å². The van der Waals surface area contributed by atoms with Gasteiger partial charge in [-0.3, -0.25) is 4.79 Å². The lowest BCUT2D eigenvalue weighted by Crippen LogP contribution is -2.34. The Kier molecular flexibility index (Phi) is 4.95. The highest BCUT2D eigenvalue weighted by atomic mass is 16.5. The Labute approximate surface area is 124 Å². The van der Waals surface area contributed by atoms with Crippen LogP contribution in [0.25, 0.3) is 0 Å². The fourth-order valence-electron chi connectivity index (χ4n) is 2.03. The van der Waals surface area contributed by atoms with Crippen molar-refractivity contribution in [3.05, 3.63) is 54.1 Å². The van der Waals surface area contributed by atoms with Gasteiger partial charge in [-0.2, -0.15) is 0 Å². The Morgan fingerprint density at radius 2 is 1.62 bits per heavy atom. The van der Waals surface area contributed by atoms with Gasteiger partial charge in [0.25, 0.3) is 0 Å². The van der Waals surface area contributed by atoms with Crippen LogP contribution in [0.3, 0.4) is 0 Å². The van der Waals surface area contributed by atoms with E-state index < -0.39 is 0 Å². The number of likely N-dealkylation sites (N-methyl/N-ethyl adjacent to an activating group) is 1. The molecule has 0 fully saturated rings. The number of nitrogens with one attached hydrogen (secondary N) is 1. The third kappa shape index (κ3) is 4.33. The molecule has 0 aliphatic heterocycles. The maximum Gasteiger partial charge on any atom is 0.147 e. The molecule has 0 aliphatic rings. The van der Waals surface area contributed by atoms with Crippen LogP contribution in [-0.4, -0.2) is 24.0 Å². The molecule has 21 heavy (non-hydrogen) atoms. The van der Waals surface area contributed by atoms with Gasteiger partial charge in [-0.05, 0) is 62.4 Å². The van der Waals surface area contributed by atoms with E-state index in [9.17, 15) is 9.90 Å². The van der Waals surface area contributed by atoms with E-state index in [1.54, 1.807) is 38.2 Å². The summed E-state index contributed by atoms with van der Waals surface area (Å²) in [6.45, 7) is 1.59. The molecule has 0 saturated heterocycles. The van der Waals surface area contributed by atoms with E-state index in [4.69, 9.17) is 4.74 Å². The summed E-state index contributed by atoms with van der Waals surface area (Å²) in [5, 5.41) is 12.2. The van der Waals surface area contributed by atoms with E-state index in [1.165, 1.54) is 0 Å². The second kappa shape index (κ2) is 6.90. The summed E-state index contributed by atoms with van der Waals surface area (Å²) < 4.78 is 5.67. The Hall–Kier alpha value is -2.33. The lowest BCUT2D eigenvalue weighted by Gasteiger charge is -2.13. The summed E-state index contributed by atoms with van der Waals surface area (Å²) in [4.78, 5) is 11.4. The number of Topliss-reactive ketones (excluding diaryl/α,β-unsaturated/α-hetero) is 1. The molecule has 4 heteroatoms. The van der Waals surface area contributed by atoms with Crippen LogP contribution >= 0.6 is 0 Å². The predicted molar refractivity (Wildman–Crippen MR) is 81.9 cm³/mol. The number of carbonyl (C=O) groups is 1. The number of rotatable bonds is 6. The lowest BCUT2D eigenvalue weighted by molar-refractivity contribution is -0.118. The summed E-state index contributed by atoms with van der Waals surface area (Å²) in [5.74, 6) is 1.72. The van der Waals surface area contributed by atoms with E-state index in [0.717, 1.165) is 5.56 Å². The normalized spacial score (nSPS) is 11.9. The molecule has 0 unspecified atom stereocenters. The number of phenols is 1. The van der Waals surface area contributed by atoms with Crippen molar-refractivity contribution in [1.29, 1.82) is 0 Å². The van der Waals surface area contributed by atoms with Gasteiger partial charge in [-0.25, -0.2) is 0 Å². The molecule has 0 heterocycles. The summed E-state index contributed by atoms with van der Waals surface area (Å²) in [6.07, 6.45) is 0.658. The first-order chi connectivity index (χ1) is 10.1. The lowest BCUT2D eigenvalue weighted by atomic mass is 10.0. The highest BCUT2D eigenvalue weighted by Gasteiger charge is 2.12. The molecule has 0 bridgehead atoms. The van der Waals surface area contributed by atoms with Gasteiger partial charge in [0, 0.05) is 0 Å². The molecule has 4 nitrogen and oxygen atoms in total. The summed E-state index contributed by atoms with van der Waals surface area (Å²) in [5.41, 5.74) is 1.07. The number of hydrogen-bond acceptors (Lipinski definition) is 4. The average molecular weight is 285 g/mol. The molecule has 2 rings (SSSR count). The minimum Gasteiger partial charge on any atom is -0.508 e. The summed E-state index contributed by atoms with van der Waals surface area (Å²) in [6, 6.07) is 14.0. The molecule has 0 amide bonds. The fraction of sp³-hybridized carbons (Fsp3) is 0.235. The van der Waals surface area contributed by atoms with Gasteiger partial charge in [0.1, 0.15) is 23.0 Å². The van der Waals surface area contributed by atoms with Gasteiger partial charge < -0.3 is 15.2 Å². The molecule has 0 spiro atoms. The van der Waals surface area contributed by atoms with Crippen molar-refractivity contribution in [1.82, 2.24) is 5.32 Å². The van der Waals surface area contributed by atoms with Crippen LogP contribution < -0.4 is 10.1 Å². The van der Waals surface area contributed by atoms with Crippen molar-refractivity contribution >= 4 is 5.78 Å². The smallest absolute Gasteiger partial charge is 0.147 e. The number of phenolic OH excluding ortho intramolecular Hbond substituents is 1. The molecule has 0 aromatic heterocycles. The van der Waals surface area contributed by atoms with Gasteiger partial charge in [0.15, 0.2) is 0 Å². The maximum atomic E-state index is 11.4. The minimum absolute atomic E-state index is 0.127. The molecular formula is C17H19NO3. The number of hydrogen-bond donors (Lipinski definition) is 2. The molecule has 110 valence electrons. The summed E-state index contributed by atoms with van der Waals surface area (Å²) >= 11 is 0. The second-order valence-electron chi connectivity index (χ2n) is 4.90. The molecule has 2 aromatic carbocycles. The number of carbonyl (C=O) groups excluding carboxylic acids is 1. The van der Waals surface area contributed by atoms with Crippen LogP contribution in [0, 0.1) is 0 Å². The first kappa shape index (κ1) is 15.1. The van der Waals surface area contributed by atoms with Crippen LogP contribution in [0.2, 0.25) is 0 Å². The molecule has 0 radical (unpaired) electrons. The zero-order valence-electron chi connectivity index (χ0n) is 12.2. The summed E-state index contributed by atoms with van der Waals surface area (Å²) in [7, 11) is 1.79. The molecular weight excluding hydrogens is 266 g/mol. The van der Waals surface area contributed by atoms with Crippen molar-refractivity contribution in [3.8, 4) is 17.2 Å². The molecule has 2 aromatic rings. The topological polar surface area (TPSA) is 58.6 Å². The molecule has 1 atom stereocenters. The van der Waals surface area contributed by atoms with Crippen molar-refractivity contribution in [3.63, 3.8) is 0 Å². The van der Waals surface area contributed by atoms with Crippen molar-refractivity contribution in [2.75, 3.05) is 7.05 Å². The van der Waals surface area contributed by atoms with Gasteiger partial charge in [-0.1, -0.05) is 12.1 Å². The minimum atomic E-state index is -0.158. The standard InChI is InChI=1S/C17H19NO3/c1-12(19)17(18-2)11-13-3-7-15(8-4-13)21-16-9-5-14(20)6-10-16/h3-10,17-18,20H,11H2,1-2H3/t17-/m0/s1. The van der Waals surface area contributed by atoms with E-state index >= 15 is 0 Å². The van der Waals surface area contributed by atoms with Crippen LogP contribution in [0.15, 0.2) is 48.5 Å². The Balaban J connectivity index is 2.01. The van der Waals surface area contributed by atoms with E-state index in [0.29, 0.717) is 17.9 Å². The monoisotopic (exact) mass is 285 g/mol. The highest BCUT2D eigenvalue weighted by molar-refractivity contribution is 5.81. The first-order valence-corrected chi connectivity index (χ1v) is 6.82. The SMILES string of the molecule is CN[C@@H](Cc1ccc(Oc2ccc(O)cc2)cc1)C(C)=O. The van der Waals surface area contributed by atoms with Gasteiger partial charge >= 0.3 is 0 Å². The Morgan fingerprint density at radius 3 is 2.10 bits per heavy atom. The van der Waals surface area contributed by atoms with Crippen LogP contribution in [-0.2, 0) is 11.2 Å². The second-order valence-corrected chi connectivity index (χ2v) is 4.90. The van der Waals surface area contributed by atoms with Crippen molar-refractivity contribution in [2.45, 2.75) is 19.4 Å². The maximum absolute atomic E-state index is 11.4. The predicted octanol–water partition coefficient (Wildman–Crippen LogP) is 2.90. The Morgan fingerprint density at radius 1 is 1.10 bits per heavy atom. The van der Waals surface area contributed by atoms with Gasteiger partial charge in [0.05, 0.1) is 6.04 Å². The van der Waals surface area contributed by atoms with Crippen LogP contribution in [0.1, 0.15) is 12.5 Å². The number of aromatic hydroxyl groups is 1. The molecule has 0 aliphatic carbocycles. The first-order valence-electron chi connectivity index (χ1n) is 6.82. The zero-order valence-corrected chi connectivity index (χ0v) is 12.2. The van der Waals surface area contributed by atoms with Crippen LogP contribution in [0.5, 0.6) is 17.2 Å².